The molecule has 3 rings (SSSR count). The molecule has 1 saturated heterocycles. The van der Waals surface area contributed by atoms with E-state index in [-0.39, 0.29) is 11.7 Å². The Labute approximate surface area is 161 Å². The largest absolute Gasteiger partial charge is 0.573 e. The van der Waals surface area contributed by atoms with Crippen molar-refractivity contribution >= 4 is 5.82 Å². The van der Waals surface area contributed by atoms with Crippen molar-refractivity contribution in [2.75, 3.05) is 31.6 Å². The van der Waals surface area contributed by atoms with E-state index in [1.165, 1.54) is 12.1 Å². The van der Waals surface area contributed by atoms with Crippen molar-refractivity contribution in [3.63, 3.8) is 0 Å². The fourth-order valence-corrected chi connectivity index (χ4v) is 2.92. The summed E-state index contributed by atoms with van der Waals surface area (Å²) in [6.45, 7) is 5.82. The van der Waals surface area contributed by atoms with E-state index in [4.69, 9.17) is 9.97 Å². The number of benzene rings is 1. The third-order valence-electron chi connectivity index (χ3n) is 4.50. The van der Waals surface area contributed by atoms with Crippen LogP contribution in [0, 0.1) is 18.8 Å². The second-order valence-electron chi connectivity index (χ2n) is 6.59. The summed E-state index contributed by atoms with van der Waals surface area (Å²) in [5.41, 5.74) is 2.25. The zero-order chi connectivity index (χ0) is 20.3. The molecule has 1 aliphatic rings. The van der Waals surface area contributed by atoms with Gasteiger partial charge in [-0.05, 0) is 38.1 Å². The molecule has 8 heteroatoms. The van der Waals surface area contributed by atoms with Crippen LogP contribution in [0.3, 0.4) is 0 Å². The fourth-order valence-electron chi connectivity index (χ4n) is 2.92. The second-order valence-corrected chi connectivity index (χ2v) is 6.59. The molecular weight excluding hydrogens is 369 g/mol. The zero-order valence-corrected chi connectivity index (χ0v) is 15.9. The van der Waals surface area contributed by atoms with E-state index in [0.717, 1.165) is 30.3 Å². The van der Waals surface area contributed by atoms with Gasteiger partial charge in [0.25, 0.3) is 0 Å². The average molecular weight is 390 g/mol. The Morgan fingerprint density at radius 1 is 1.21 bits per heavy atom. The van der Waals surface area contributed by atoms with Gasteiger partial charge in [0, 0.05) is 37.2 Å². The van der Waals surface area contributed by atoms with Gasteiger partial charge in [-0.1, -0.05) is 5.92 Å². The van der Waals surface area contributed by atoms with Crippen molar-refractivity contribution in [2.45, 2.75) is 26.1 Å². The fraction of sp³-hybridized carbons (Fsp3) is 0.400. The minimum Gasteiger partial charge on any atom is -0.406 e. The first kappa shape index (κ1) is 20.0. The van der Waals surface area contributed by atoms with E-state index in [0.29, 0.717) is 17.8 Å². The third kappa shape index (κ3) is 4.54. The predicted molar refractivity (Wildman–Crippen MR) is 101 cm³/mol. The maximum Gasteiger partial charge on any atom is 0.573 e. The molecule has 1 aromatic heterocycles. The number of anilines is 1. The molecule has 0 atom stereocenters. The van der Waals surface area contributed by atoms with Crippen LogP contribution in [0.1, 0.15) is 24.2 Å². The minimum atomic E-state index is -4.72. The van der Waals surface area contributed by atoms with Gasteiger partial charge < -0.3 is 15.0 Å². The van der Waals surface area contributed by atoms with Gasteiger partial charge in [-0.2, -0.15) is 0 Å². The number of ether oxygens (including phenoxy) is 1. The molecule has 0 amide bonds. The molecule has 0 saturated carbocycles. The van der Waals surface area contributed by atoms with E-state index >= 15 is 0 Å². The minimum absolute atomic E-state index is 0.219. The van der Waals surface area contributed by atoms with Crippen molar-refractivity contribution in [3.8, 4) is 28.8 Å². The Bertz CT molecular complexity index is 897. The maximum atomic E-state index is 12.4. The van der Waals surface area contributed by atoms with Crippen LogP contribution < -0.4 is 15.0 Å². The molecule has 1 aliphatic heterocycles. The molecule has 0 spiro atoms. The SMILES string of the molecule is CC#CCN(C)c1nc(C2CNC2)nc(-c2ccc(OC(F)(F)F)cc2)c1C. The van der Waals surface area contributed by atoms with Crippen LogP contribution in [0.15, 0.2) is 24.3 Å². The number of alkyl halides is 3. The molecule has 28 heavy (non-hydrogen) atoms. The van der Waals surface area contributed by atoms with Crippen molar-refractivity contribution in [1.82, 2.24) is 15.3 Å². The van der Waals surface area contributed by atoms with Gasteiger partial charge in [-0.15, -0.1) is 19.1 Å². The second kappa shape index (κ2) is 8.07. The molecule has 1 N–H and O–H groups in total. The summed E-state index contributed by atoms with van der Waals surface area (Å²) >= 11 is 0. The Morgan fingerprint density at radius 3 is 2.43 bits per heavy atom. The summed E-state index contributed by atoms with van der Waals surface area (Å²) in [7, 11) is 1.91. The summed E-state index contributed by atoms with van der Waals surface area (Å²) in [6, 6.07) is 5.74. The number of nitrogens with zero attached hydrogens (tertiary/aromatic N) is 3. The summed E-state index contributed by atoms with van der Waals surface area (Å²) in [5, 5.41) is 3.21. The van der Waals surface area contributed by atoms with Crippen molar-refractivity contribution in [1.29, 1.82) is 0 Å². The first-order valence-corrected chi connectivity index (χ1v) is 8.84. The molecule has 0 bridgehead atoms. The number of hydrogen-bond donors (Lipinski definition) is 1. The van der Waals surface area contributed by atoms with Crippen LogP contribution in [0.25, 0.3) is 11.3 Å². The van der Waals surface area contributed by atoms with E-state index in [2.05, 4.69) is 21.9 Å². The Hall–Kier alpha value is -2.79. The molecule has 1 aromatic carbocycles. The topological polar surface area (TPSA) is 50.3 Å². The van der Waals surface area contributed by atoms with Crippen LogP contribution in [0.4, 0.5) is 19.0 Å². The van der Waals surface area contributed by atoms with Crippen LogP contribution in [0.5, 0.6) is 5.75 Å². The lowest BCUT2D eigenvalue weighted by Crippen LogP contribution is -2.41. The van der Waals surface area contributed by atoms with Crippen LogP contribution in [-0.2, 0) is 0 Å². The van der Waals surface area contributed by atoms with Gasteiger partial charge in [-0.25, -0.2) is 9.97 Å². The summed E-state index contributed by atoms with van der Waals surface area (Å²) in [6.07, 6.45) is -4.72. The highest BCUT2D eigenvalue weighted by atomic mass is 19.4. The molecule has 0 aliphatic carbocycles. The Balaban J connectivity index is 1.99. The summed E-state index contributed by atoms with van der Waals surface area (Å²) in [4.78, 5) is 11.4. The highest BCUT2D eigenvalue weighted by molar-refractivity contribution is 5.69. The summed E-state index contributed by atoms with van der Waals surface area (Å²) in [5.74, 6) is 7.34. The molecule has 0 unspecified atom stereocenters. The lowest BCUT2D eigenvalue weighted by molar-refractivity contribution is -0.274. The first-order chi connectivity index (χ1) is 13.3. The quantitative estimate of drug-likeness (QED) is 0.792. The van der Waals surface area contributed by atoms with Gasteiger partial charge >= 0.3 is 6.36 Å². The Kier molecular flexibility index (Phi) is 5.75. The monoisotopic (exact) mass is 390 g/mol. The van der Waals surface area contributed by atoms with E-state index in [9.17, 15) is 13.2 Å². The van der Waals surface area contributed by atoms with E-state index in [1.54, 1.807) is 19.1 Å². The Morgan fingerprint density at radius 2 is 1.89 bits per heavy atom. The normalized spacial score (nSPS) is 14.1. The smallest absolute Gasteiger partial charge is 0.406 e. The molecule has 0 radical (unpaired) electrons. The third-order valence-corrected chi connectivity index (χ3v) is 4.50. The van der Waals surface area contributed by atoms with Gasteiger partial charge in [0.05, 0.1) is 12.2 Å². The molecule has 2 heterocycles. The van der Waals surface area contributed by atoms with Crippen molar-refractivity contribution in [2.24, 2.45) is 0 Å². The van der Waals surface area contributed by atoms with E-state index < -0.39 is 6.36 Å². The first-order valence-electron chi connectivity index (χ1n) is 8.84. The number of rotatable bonds is 5. The van der Waals surface area contributed by atoms with Gasteiger partial charge in [0.15, 0.2) is 0 Å². The highest BCUT2D eigenvalue weighted by Gasteiger charge is 2.31. The van der Waals surface area contributed by atoms with Crippen LogP contribution >= 0.6 is 0 Å². The molecular formula is C20H21F3N4O. The van der Waals surface area contributed by atoms with E-state index in [1.807, 2.05) is 18.9 Å². The predicted octanol–water partition coefficient (Wildman–Crippen LogP) is 3.50. The van der Waals surface area contributed by atoms with Crippen LogP contribution in [-0.4, -0.2) is 43.0 Å². The molecule has 2 aromatic rings. The molecule has 148 valence electrons. The molecule has 5 nitrogen and oxygen atoms in total. The number of hydrogen-bond acceptors (Lipinski definition) is 5. The standard InChI is InChI=1S/C20H21F3N4O/c1-4-5-10-27(3)19-13(2)17(25-18(26-19)15-11-24-12-15)14-6-8-16(9-7-14)28-20(21,22)23/h6-9,15,24H,10-12H2,1-3H3. The lowest BCUT2D eigenvalue weighted by atomic mass is 10.0. The van der Waals surface area contributed by atoms with Gasteiger partial charge in [-0.3, -0.25) is 0 Å². The maximum absolute atomic E-state index is 12.4. The molecule has 1 fully saturated rings. The lowest BCUT2D eigenvalue weighted by Gasteiger charge is -2.28. The van der Waals surface area contributed by atoms with Gasteiger partial charge in [0.2, 0.25) is 0 Å². The zero-order valence-electron chi connectivity index (χ0n) is 15.9. The number of nitrogens with one attached hydrogen (secondary N) is 1. The van der Waals surface area contributed by atoms with Gasteiger partial charge in [0.1, 0.15) is 17.4 Å². The summed E-state index contributed by atoms with van der Waals surface area (Å²) < 4.78 is 41.1. The van der Waals surface area contributed by atoms with Crippen molar-refractivity contribution < 1.29 is 17.9 Å². The van der Waals surface area contributed by atoms with Crippen molar-refractivity contribution in [3.05, 3.63) is 35.7 Å². The number of aromatic nitrogens is 2. The van der Waals surface area contributed by atoms with Crippen LogP contribution in [0.2, 0.25) is 0 Å². The number of halogens is 3. The average Bonchev–Trinajstić information content (AvgIpc) is 2.59. The highest BCUT2D eigenvalue weighted by Crippen LogP contribution is 2.32.